The molecule has 2 saturated heterocycles. The van der Waals surface area contributed by atoms with E-state index in [4.69, 9.17) is 44.5 Å². The Labute approximate surface area is 339 Å². The van der Waals surface area contributed by atoms with Gasteiger partial charge >= 0.3 is 6.03 Å². The number of aliphatic imine (C=N–C) groups is 1. The van der Waals surface area contributed by atoms with E-state index < -0.39 is 26.6 Å². The summed E-state index contributed by atoms with van der Waals surface area (Å²) < 4.78 is 36.6. The number of urea groups is 1. The molecular formula is C40H49Cl3N6O5S. The number of hydrogen-bond acceptors (Lipinski definition) is 7. The predicted molar refractivity (Wildman–Crippen MR) is 218 cm³/mol. The number of hydrogen-bond donors (Lipinski definition) is 1. The average molecular weight is 832 g/mol. The molecule has 2 fully saturated rings. The van der Waals surface area contributed by atoms with Gasteiger partial charge in [0, 0.05) is 60.9 Å². The molecule has 3 aliphatic rings. The van der Waals surface area contributed by atoms with Crippen molar-refractivity contribution in [3.8, 4) is 5.75 Å². The van der Waals surface area contributed by atoms with Crippen LogP contribution in [0.3, 0.4) is 0 Å². The molecule has 15 heteroatoms. The van der Waals surface area contributed by atoms with Crippen molar-refractivity contribution in [2.75, 3.05) is 52.4 Å². The van der Waals surface area contributed by atoms with Crippen LogP contribution >= 0.6 is 34.8 Å². The highest BCUT2D eigenvalue weighted by atomic mass is 35.5. The van der Waals surface area contributed by atoms with E-state index in [0.717, 1.165) is 37.1 Å². The molecule has 3 aromatic carbocycles. The number of nitrogens with zero attached hydrogens (tertiary/aromatic N) is 5. The van der Waals surface area contributed by atoms with E-state index in [1.54, 1.807) is 54.8 Å². The summed E-state index contributed by atoms with van der Waals surface area (Å²) >= 11 is 19.5. The molecule has 3 aromatic rings. The van der Waals surface area contributed by atoms with Gasteiger partial charge in [-0.2, -0.15) is 0 Å². The number of benzene rings is 3. The summed E-state index contributed by atoms with van der Waals surface area (Å²) in [7, 11) is -4.16. The largest absolute Gasteiger partial charge is 0.493 e. The predicted octanol–water partition coefficient (Wildman–Crippen LogP) is 7.38. The molecule has 3 amide bonds. The van der Waals surface area contributed by atoms with Crippen LogP contribution in [-0.4, -0.2) is 104 Å². The summed E-state index contributed by atoms with van der Waals surface area (Å²) in [6.45, 7) is 14.8. The number of piperazine rings is 1. The summed E-state index contributed by atoms with van der Waals surface area (Å²) in [5.41, 5.74) is -1.40. The van der Waals surface area contributed by atoms with E-state index in [0.29, 0.717) is 42.8 Å². The third-order valence-corrected chi connectivity index (χ3v) is 13.4. The van der Waals surface area contributed by atoms with Gasteiger partial charge in [0.2, 0.25) is 15.9 Å². The molecule has 0 spiro atoms. The lowest BCUT2D eigenvalue weighted by Gasteiger charge is -2.47. The van der Waals surface area contributed by atoms with Crippen molar-refractivity contribution in [1.82, 2.24) is 24.3 Å². The molecule has 3 heterocycles. The zero-order valence-electron chi connectivity index (χ0n) is 32.2. The Morgan fingerprint density at radius 2 is 1.40 bits per heavy atom. The fourth-order valence-electron chi connectivity index (χ4n) is 7.71. The number of halogens is 3. The summed E-state index contributed by atoms with van der Waals surface area (Å²) in [6.07, 6.45) is 2.04. The van der Waals surface area contributed by atoms with Crippen molar-refractivity contribution in [3.63, 3.8) is 0 Å². The number of ether oxygens (including phenoxy) is 1. The van der Waals surface area contributed by atoms with Crippen LogP contribution in [0.5, 0.6) is 5.75 Å². The number of rotatable bonds is 9. The number of likely N-dealkylation sites (tertiary alicyclic amines) is 1. The first kappa shape index (κ1) is 41.2. The number of carbonyl (C=O) groups excluding carboxylic acids is 2. The Balaban J connectivity index is 1.52. The average Bonchev–Trinajstić information content (AvgIpc) is 3.74. The molecule has 296 valence electrons. The van der Waals surface area contributed by atoms with Gasteiger partial charge < -0.3 is 14.5 Å². The molecule has 2 atom stereocenters. The van der Waals surface area contributed by atoms with Crippen LogP contribution in [0.2, 0.25) is 15.1 Å². The van der Waals surface area contributed by atoms with Gasteiger partial charge in [-0.25, -0.2) is 17.9 Å². The highest BCUT2D eigenvalue weighted by Crippen LogP contribution is 2.54. The van der Waals surface area contributed by atoms with E-state index >= 15 is 4.79 Å². The van der Waals surface area contributed by atoms with Gasteiger partial charge in [-0.05, 0) is 95.8 Å². The monoisotopic (exact) mass is 830 g/mol. The topological polar surface area (TPSA) is 115 Å². The van der Waals surface area contributed by atoms with Gasteiger partial charge in [-0.15, -0.1) is 0 Å². The molecule has 0 aliphatic carbocycles. The van der Waals surface area contributed by atoms with Gasteiger partial charge in [0.25, 0.3) is 0 Å². The molecule has 55 heavy (non-hydrogen) atoms. The SMILES string of the molecule is CCOc1cc(Cl)c(S(=O)(=O)NC(C)(C)C)cc1C1=N[C@](C)(c2ccc(Cl)cc2)[C@@](C)(c2ccc(Cl)cc2)N1C(=O)N1CCN(CC(=O)N2CCCC2)CC1. The fraction of sp³-hybridized carbons (Fsp3) is 0.475. The minimum atomic E-state index is -4.16. The van der Waals surface area contributed by atoms with Gasteiger partial charge in [-0.3, -0.25) is 19.6 Å². The second-order valence-electron chi connectivity index (χ2n) is 15.6. The Bertz CT molecular complexity index is 2060. The van der Waals surface area contributed by atoms with Crippen LogP contribution < -0.4 is 9.46 Å². The van der Waals surface area contributed by atoms with E-state index in [1.807, 2.05) is 49.9 Å². The van der Waals surface area contributed by atoms with Crippen LogP contribution in [0, 0.1) is 0 Å². The van der Waals surface area contributed by atoms with E-state index in [-0.39, 0.29) is 45.6 Å². The molecule has 6 rings (SSSR count). The van der Waals surface area contributed by atoms with Crippen LogP contribution in [0.1, 0.15) is 71.1 Å². The first-order valence-corrected chi connectivity index (χ1v) is 21.2. The van der Waals surface area contributed by atoms with Gasteiger partial charge in [-0.1, -0.05) is 59.1 Å². The molecule has 0 saturated carbocycles. The Morgan fingerprint density at radius 3 is 1.95 bits per heavy atom. The van der Waals surface area contributed by atoms with Crippen LogP contribution in [-0.2, 0) is 25.9 Å². The maximum atomic E-state index is 15.4. The van der Waals surface area contributed by atoms with E-state index in [1.165, 1.54) is 12.1 Å². The number of sulfonamides is 1. The van der Waals surface area contributed by atoms with Crippen LogP contribution in [0.25, 0.3) is 0 Å². The number of nitrogens with one attached hydrogen (secondary N) is 1. The second kappa shape index (κ2) is 15.9. The van der Waals surface area contributed by atoms with Crippen LogP contribution in [0.4, 0.5) is 4.79 Å². The minimum absolute atomic E-state index is 0.0408. The molecular weight excluding hydrogens is 783 g/mol. The highest BCUT2D eigenvalue weighted by Gasteiger charge is 2.60. The lowest BCUT2D eigenvalue weighted by atomic mass is 9.71. The van der Waals surface area contributed by atoms with Crippen molar-refractivity contribution in [2.24, 2.45) is 4.99 Å². The quantitative estimate of drug-likeness (QED) is 0.241. The molecule has 0 aromatic heterocycles. The number of carbonyl (C=O) groups is 2. The number of amidine groups is 1. The Morgan fingerprint density at radius 1 is 0.836 bits per heavy atom. The maximum absolute atomic E-state index is 15.4. The summed E-state index contributed by atoms with van der Waals surface area (Å²) in [4.78, 5) is 41.1. The van der Waals surface area contributed by atoms with Gasteiger partial charge in [0.1, 0.15) is 27.6 Å². The summed E-state index contributed by atoms with van der Waals surface area (Å²) in [5.74, 6) is 0.583. The standard InChI is InChI=1S/C40H49Cl3N6O5S/c1-7-54-33-25-32(43)34(55(52,53)45-38(2,3)4)24-31(33)36-44-39(5,27-10-14-29(41)15-11-27)40(6,28-12-16-30(42)17-13-28)49(36)37(51)48-22-20-46(21-23-48)26-35(50)47-18-8-9-19-47/h10-17,24-25,45H,7-9,18-23,26H2,1-6H3/t39-,40-/m1/s1. The van der Waals surface area contributed by atoms with Gasteiger partial charge in [0.15, 0.2) is 0 Å². The number of amides is 3. The smallest absolute Gasteiger partial charge is 0.326 e. The molecule has 1 N–H and O–H groups in total. The van der Waals surface area contributed by atoms with Crippen molar-refractivity contribution in [3.05, 3.63) is 92.4 Å². The Hall–Kier alpha value is -3.39. The molecule has 0 unspecified atom stereocenters. The minimum Gasteiger partial charge on any atom is -0.493 e. The summed E-state index contributed by atoms with van der Waals surface area (Å²) in [5, 5.41) is 1.02. The van der Waals surface area contributed by atoms with Crippen molar-refractivity contribution in [1.29, 1.82) is 0 Å². The van der Waals surface area contributed by atoms with Gasteiger partial charge in [0.05, 0.1) is 23.7 Å². The Kier molecular flexibility index (Phi) is 11.9. The maximum Gasteiger partial charge on any atom is 0.326 e. The zero-order valence-corrected chi connectivity index (χ0v) is 35.2. The third kappa shape index (κ3) is 8.22. The summed E-state index contributed by atoms with van der Waals surface area (Å²) in [6, 6.07) is 17.2. The second-order valence-corrected chi connectivity index (χ2v) is 18.6. The van der Waals surface area contributed by atoms with E-state index in [2.05, 4.69) is 9.62 Å². The zero-order chi connectivity index (χ0) is 39.9. The first-order chi connectivity index (χ1) is 25.9. The highest BCUT2D eigenvalue weighted by molar-refractivity contribution is 7.89. The normalized spacial score (nSPS) is 22.3. The van der Waals surface area contributed by atoms with Crippen molar-refractivity contribution >= 4 is 62.6 Å². The van der Waals surface area contributed by atoms with Crippen molar-refractivity contribution < 1.29 is 22.7 Å². The first-order valence-electron chi connectivity index (χ1n) is 18.6. The third-order valence-electron chi connectivity index (χ3n) is 10.7. The fourth-order valence-corrected chi connectivity index (χ4v) is 9.93. The van der Waals surface area contributed by atoms with E-state index in [9.17, 15) is 13.2 Å². The van der Waals surface area contributed by atoms with Crippen molar-refractivity contribution in [2.45, 2.75) is 75.9 Å². The molecule has 11 nitrogen and oxygen atoms in total. The molecule has 3 aliphatic heterocycles. The molecule has 0 bridgehead atoms. The van der Waals surface area contributed by atoms with Crippen LogP contribution in [0.15, 0.2) is 70.6 Å². The lowest BCUT2D eigenvalue weighted by molar-refractivity contribution is -0.131. The molecule has 0 radical (unpaired) electrons. The lowest BCUT2D eigenvalue weighted by Crippen LogP contribution is -2.61.